The van der Waals surface area contributed by atoms with Crippen LogP contribution in [0.25, 0.3) is 0 Å². The molecule has 0 amide bonds. The van der Waals surface area contributed by atoms with Gasteiger partial charge in [0.1, 0.15) is 17.9 Å². The van der Waals surface area contributed by atoms with E-state index >= 15 is 0 Å². The van der Waals surface area contributed by atoms with E-state index in [0.29, 0.717) is 22.7 Å². The molecule has 0 spiro atoms. The van der Waals surface area contributed by atoms with E-state index in [-0.39, 0.29) is 5.71 Å². The van der Waals surface area contributed by atoms with Gasteiger partial charge in [0.05, 0.1) is 17.3 Å². The summed E-state index contributed by atoms with van der Waals surface area (Å²) in [7, 11) is 0. The molecule has 0 aliphatic rings. The van der Waals surface area contributed by atoms with Gasteiger partial charge in [-0.3, -0.25) is 5.43 Å². The molecule has 0 aliphatic heterocycles. The van der Waals surface area contributed by atoms with Crippen molar-refractivity contribution in [3.63, 3.8) is 0 Å². The van der Waals surface area contributed by atoms with Gasteiger partial charge in [0, 0.05) is 0 Å². The van der Waals surface area contributed by atoms with Crippen LogP contribution in [0.3, 0.4) is 0 Å². The van der Waals surface area contributed by atoms with Gasteiger partial charge in [0.25, 0.3) is 0 Å². The monoisotopic (exact) mass is 287 g/mol. The van der Waals surface area contributed by atoms with Gasteiger partial charge in [-0.15, -0.1) is 0 Å². The first-order chi connectivity index (χ1) is 10.8. The predicted octanol–water partition coefficient (Wildman–Crippen LogP) is 3.17. The van der Waals surface area contributed by atoms with Gasteiger partial charge in [0.15, 0.2) is 5.75 Å². The van der Waals surface area contributed by atoms with Crippen LogP contribution in [0.15, 0.2) is 53.6 Å². The van der Waals surface area contributed by atoms with E-state index in [1.165, 1.54) is 0 Å². The molecule has 6 heteroatoms. The van der Waals surface area contributed by atoms with Gasteiger partial charge >= 0.3 is 0 Å². The first-order valence-electron chi connectivity index (χ1n) is 6.17. The fourth-order valence-electron chi connectivity index (χ4n) is 1.56. The molecule has 0 radical (unpaired) electrons. The molecule has 2 rings (SSSR count). The zero-order valence-corrected chi connectivity index (χ0v) is 11.3. The molecular formula is C16H9N5O. The second kappa shape index (κ2) is 7.09. The summed E-state index contributed by atoms with van der Waals surface area (Å²) in [5.74, 6) is 1.03. The van der Waals surface area contributed by atoms with Crippen LogP contribution in [0.4, 0.5) is 5.69 Å². The maximum absolute atomic E-state index is 8.76. The van der Waals surface area contributed by atoms with Crippen molar-refractivity contribution >= 4 is 11.4 Å². The molecule has 0 bridgehead atoms. The highest BCUT2D eigenvalue weighted by atomic mass is 16.5. The van der Waals surface area contributed by atoms with Crippen molar-refractivity contribution in [3.8, 4) is 29.7 Å². The lowest BCUT2D eigenvalue weighted by Crippen LogP contribution is -1.98. The predicted molar refractivity (Wildman–Crippen MR) is 80.0 cm³/mol. The number of hydrazone groups is 1. The lowest BCUT2D eigenvalue weighted by Gasteiger charge is -2.10. The molecule has 0 atom stereocenters. The summed E-state index contributed by atoms with van der Waals surface area (Å²) in [6.07, 6.45) is 0. The molecule has 2 aromatic carbocycles. The topological polar surface area (TPSA) is 105 Å². The number of anilines is 1. The summed E-state index contributed by atoms with van der Waals surface area (Å²) in [6.45, 7) is 0. The Balaban J connectivity index is 2.21. The van der Waals surface area contributed by atoms with Crippen LogP contribution in [0.5, 0.6) is 11.5 Å². The minimum Gasteiger partial charge on any atom is -0.455 e. The number of nitrogens with one attached hydrogen (secondary N) is 1. The lowest BCUT2D eigenvalue weighted by atomic mass is 10.2. The average Bonchev–Trinajstić information content (AvgIpc) is 2.58. The van der Waals surface area contributed by atoms with Gasteiger partial charge in [-0.25, -0.2) is 0 Å². The summed E-state index contributed by atoms with van der Waals surface area (Å²) in [4.78, 5) is 0. The Bertz CT molecular complexity index is 803. The third-order valence-corrected chi connectivity index (χ3v) is 2.60. The molecule has 0 fully saturated rings. The first-order valence-corrected chi connectivity index (χ1v) is 6.17. The highest BCUT2D eigenvalue weighted by molar-refractivity contribution is 6.10. The maximum Gasteiger partial charge on any atom is 0.237 e. The normalized spacial score (nSPS) is 8.77. The van der Waals surface area contributed by atoms with Crippen LogP contribution < -0.4 is 10.2 Å². The maximum atomic E-state index is 8.76. The highest BCUT2D eigenvalue weighted by Crippen LogP contribution is 2.29. The molecule has 0 aromatic heterocycles. The van der Waals surface area contributed by atoms with Crippen LogP contribution in [0.2, 0.25) is 0 Å². The molecular weight excluding hydrogens is 278 g/mol. The van der Waals surface area contributed by atoms with E-state index in [4.69, 9.17) is 20.5 Å². The third-order valence-electron chi connectivity index (χ3n) is 2.60. The molecule has 0 saturated carbocycles. The number of ether oxygens (including phenoxy) is 1. The van der Waals surface area contributed by atoms with Crippen LogP contribution in [-0.4, -0.2) is 5.71 Å². The summed E-state index contributed by atoms with van der Waals surface area (Å²) >= 11 is 0. The Morgan fingerprint density at radius 3 is 2.27 bits per heavy atom. The second-order valence-corrected chi connectivity index (χ2v) is 4.03. The van der Waals surface area contributed by atoms with E-state index in [2.05, 4.69) is 10.5 Å². The van der Waals surface area contributed by atoms with Crippen LogP contribution in [0.1, 0.15) is 5.56 Å². The number of nitrogens with zero attached hydrogens (tertiary/aromatic N) is 4. The molecule has 1 N–H and O–H groups in total. The van der Waals surface area contributed by atoms with Gasteiger partial charge in [0.2, 0.25) is 5.71 Å². The number of hydrogen-bond acceptors (Lipinski definition) is 6. The van der Waals surface area contributed by atoms with E-state index in [1.54, 1.807) is 60.7 Å². The smallest absolute Gasteiger partial charge is 0.237 e. The number of hydrogen-bond donors (Lipinski definition) is 1. The van der Waals surface area contributed by atoms with Gasteiger partial charge < -0.3 is 4.74 Å². The van der Waals surface area contributed by atoms with E-state index in [9.17, 15) is 0 Å². The minimum absolute atomic E-state index is 0.284. The van der Waals surface area contributed by atoms with E-state index in [0.717, 1.165) is 0 Å². The summed E-state index contributed by atoms with van der Waals surface area (Å²) in [5, 5.41) is 29.8. The molecule has 0 heterocycles. The lowest BCUT2D eigenvalue weighted by molar-refractivity contribution is 0.484. The quantitative estimate of drug-likeness (QED) is 0.686. The molecule has 2 aromatic rings. The standard InChI is InChI=1S/C16H9N5O/c17-9-12-5-7-14(8-6-12)22-16-4-2-1-3-15(16)21-20-13(10-18)11-19/h1-8,21H. The first kappa shape index (κ1) is 14.6. The number of rotatable bonds is 4. The summed E-state index contributed by atoms with van der Waals surface area (Å²) < 4.78 is 5.70. The number of nitriles is 3. The Morgan fingerprint density at radius 1 is 0.955 bits per heavy atom. The van der Waals surface area contributed by atoms with Crippen molar-refractivity contribution in [1.82, 2.24) is 0 Å². The average molecular weight is 287 g/mol. The summed E-state index contributed by atoms with van der Waals surface area (Å²) in [5.41, 5.74) is 3.39. The Labute approximate surface area is 127 Å². The third kappa shape index (κ3) is 3.60. The molecule has 104 valence electrons. The van der Waals surface area contributed by atoms with Crippen LogP contribution in [0, 0.1) is 34.0 Å². The van der Waals surface area contributed by atoms with Crippen molar-refractivity contribution in [3.05, 3.63) is 54.1 Å². The summed E-state index contributed by atoms with van der Waals surface area (Å²) in [6, 6.07) is 19.0. The Hall–Kier alpha value is -3.82. The van der Waals surface area contributed by atoms with Gasteiger partial charge in [-0.1, -0.05) is 12.1 Å². The second-order valence-electron chi connectivity index (χ2n) is 4.03. The fourth-order valence-corrected chi connectivity index (χ4v) is 1.56. The molecule has 6 nitrogen and oxygen atoms in total. The largest absolute Gasteiger partial charge is 0.455 e. The van der Waals surface area contributed by atoms with Gasteiger partial charge in [-0.2, -0.15) is 20.9 Å². The van der Waals surface area contributed by atoms with Crippen molar-refractivity contribution in [2.24, 2.45) is 5.10 Å². The molecule has 22 heavy (non-hydrogen) atoms. The highest BCUT2D eigenvalue weighted by Gasteiger charge is 2.04. The van der Waals surface area contributed by atoms with Crippen LogP contribution >= 0.6 is 0 Å². The van der Waals surface area contributed by atoms with Crippen molar-refractivity contribution in [2.45, 2.75) is 0 Å². The molecule has 0 unspecified atom stereocenters. The molecule has 0 aliphatic carbocycles. The molecule has 0 saturated heterocycles. The van der Waals surface area contributed by atoms with E-state index in [1.807, 2.05) is 6.07 Å². The van der Waals surface area contributed by atoms with Crippen molar-refractivity contribution < 1.29 is 4.74 Å². The number of benzene rings is 2. The van der Waals surface area contributed by atoms with E-state index < -0.39 is 0 Å². The van der Waals surface area contributed by atoms with Crippen molar-refractivity contribution in [2.75, 3.05) is 5.43 Å². The minimum atomic E-state index is -0.284. The zero-order chi connectivity index (χ0) is 15.8. The van der Waals surface area contributed by atoms with Crippen LogP contribution in [-0.2, 0) is 0 Å². The van der Waals surface area contributed by atoms with Gasteiger partial charge in [-0.05, 0) is 36.4 Å². The SMILES string of the molecule is N#CC(C#N)=NNc1ccccc1Oc1ccc(C#N)cc1. The fraction of sp³-hybridized carbons (Fsp3) is 0. The zero-order valence-electron chi connectivity index (χ0n) is 11.3. The Kier molecular flexibility index (Phi) is 4.70. The van der Waals surface area contributed by atoms with Crippen molar-refractivity contribution in [1.29, 1.82) is 15.8 Å². The number of para-hydroxylation sites is 2. The Morgan fingerprint density at radius 2 is 1.64 bits per heavy atom.